The maximum Gasteiger partial charge on any atom is 1.00 e. The first-order valence-corrected chi connectivity index (χ1v) is 14.3. The maximum atomic E-state index is 12.4. The number of aliphatic hydroxyl groups excluding tert-OH is 1. The number of fused-ring (bicyclic) bond motifs is 2. The molecule has 5 atom stereocenters. The van der Waals surface area contributed by atoms with Crippen molar-refractivity contribution >= 4 is 36.4 Å². The smallest absolute Gasteiger partial charge is 0.756 e. The molecule has 0 radical (unpaired) electrons. The van der Waals surface area contributed by atoms with Gasteiger partial charge in [0.1, 0.15) is 24.6 Å². The van der Waals surface area contributed by atoms with Gasteiger partial charge in [-0.2, -0.15) is 0 Å². The first-order valence-electron chi connectivity index (χ1n) is 12.8. The van der Waals surface area contributed by atoms with E-state index in [4.69, 9.17) is 9.26 Å². The molecule has 4 heterocycles. The number of aliphatic hydroxyl groups is 1. The number of ether oxygens (including phenoxy) is 1. The molecule has 0 aliphatic carbocycles. The van der Waals surface area contributed by atoms with E-state index in [0.717, 1.165) is 31.4 Å². The number of imidazole rings is 1. The van der Waals surface area contributed by atoms with Crippen LogP contribution in [0.5, 0.6) is 0 Å². The molecule has 4 N–H and O–H groups in total. The summed E-state index contributed by atoms with van der Waals surface area (Å²) in [5.74, 6) is 0.456. The molecule has 2 aliphatic rings. The van der Waals surface area contributed by atoms with Gasteiger partial charge >= 0.3 is 29.6 Å². The monoisotopic (exact) mass is 583 g/mol. The average Bonchev–Trinajstić information content (AvgIpc) is 3.50. The fourth-order valence-electron chi connectivity index (χ4n) is 4.73. The predicted octanol–water partition coefficient (Wildman–Crippen LogP) is -1.58. The SMILES string of the molecule is CNc1ccccc1C(=O)NCCCCCCNc1ncnc2c1ncn2[C@@H]1O[C@@H]2COP(=O)([O-])O[C@H]2[C@H]1O.[Na+]. The van der Waals surface area contributed by atoms with E-state index in [1.54, 1.807) is 13.1 Å². The number of carbonyl (C=O) groups is 1. The van der Waals surface area contributed by atoms with E-state index in [0.29, 0.717) is 35.6 Å². The molecule has 1 aromatic carbocycles. The maximum absolute atomic E-state index is 12.4. The minimum atomic E-state index is -4.47. The molecule has 16 heteroatoms. The van der Waals surface area contributed by atoms with E-state index in [1.807, 2.05) is 18.2 Å². The van der Waals surface area contributed by atoms with Crippen LogP contribution in [0.3, 0.4) is 0 Å². The molecule has 3 aromatic rings. The van der Waals surface area contributed by atoms with Crippen LogP contribution >= 0.6 is 7.82 Å². The van der Waals surface area contributed by atoms with E-state index in [9.17, 15) is 19.4 Å². The van der Waals surface area contributed by atoms with Gasteiger partial charge in [-0.1, -0.05) is 25.0 Å². The van der Waals surface area contributed by atoms with Crippen LogP contribution in [-0.4, -0.2) is 75.6 Å². The number of para-hydroxylation sites is 1. The number of unbranched alkanes of at least 4 members (excludes halogenated alkanes) is 3. The van der Waals surface area contributed by atoms with Crippen molar-refractivity contribution in [3.05, 3.63) is 42.5 Å². The quantitative estimate of drug-likeness (QED) is 0.116. The second-order valence-electron chi connectivity index (χ2n) is 9.31. The van der Waals surface area contributed by atoms with E-state index < -0.39 is 32.4 Å². The fraction of sp³-hybridized carbons (Fsp3) is 0.500. The second-order valence-corrected chi connectivity index (χ2v) is 10.7. The van der Waals surface area contributed by atoms with Crippen LogP contribution in [0.2, 0.25) is 0 Å². The molecule has 0 saturated carbocycles. The molecule has 210 valence electrons. The Morgan fingerprint density at radius 2 is 1.95 bits per heavy atom. The number of phosphoric acid groups is 1. The summed E-state index contributed by atoms with van der Waals surface area (Å²) in [7, 11) is -2.68. The van der Waals surface area contributed by atoms with E-state index >= 15 is 0 Å². The Balaban J connectivity index is 0.00000370. The van der Waals surface area contributed by atoms with Gasteiger partial charge in [-0.15, -0.1) is 0 Å². The van der Waals surface area contributed by atoms with Crippen molar-refractivity contribution in [1.82, 2.24) is 24.8 Å². The van der Waals surface area contributed by atoms with E-state index in [-0.39, 0.29) is 42.1 Å². The van der Waals surface area contributed by atoms with Crippen molar-refractivity contribution in [2.75, 3.05) is 37.4 Å². The zero-order chi connectivity index (χ0) is 27.4. The first-order chi connectivity index (χ1) is 18.9. The molecular formula is C24H31N7NaO7P. The Labute approximate surface area is 253 Å². The standard InChI is InChI=1S/C24H32N7O7P.Na/c1-25-16-9-5-4-8-15(16)23(33)27-11-7-3-2-6-10-26-21-18-22(29-13-28-21)31(14-30-18)24-19(32)20-17(37-24)12-36-39(34,35)38-20;/h4-5,8-9,13-14,17,19-20,24-25,32H,2-3,6-7,10-12H2,1H3,(H,27,33)(H,34,35)(H,26,28,29);/q;+1/p-1/t17-,19-,20-,24-;/m1./s1. The summed E-state index contributed by atoms with van der Waals surface area (Å²) in [6, 6.07) is 7.39. The number of rotatable bonds is 11. The Kier molecular flexibility index (Phi) is 10.5. The third-order valence-corrected chi connectivity index (χ3v) is 7.68. The van der Waals surface area contributed by atoms with Gasteiger partial charge in [0.15, 0.2) is 23.2 Å². The molecule has 0 bridgehead atoms. The summed E-state index contributed by atoms with van der Waals surface area (Å²) >= 11 is 0. The second kappa shape index (κ2) is 13.7. The number of benzene rings is 1. The van der Waals surface area contributed by atoms with Crippen molar-refractivity contribution in [1.29, 1.82) is 0 Å². The molecule has 0 spiro atoms. The Morgan fingerprint density at radius 3 is 2.75 bits per heavy atom. The van der Waals surface area contributed by atoms with Crippen molar-refractivity contribution in [3.63, 3.8) is 0 Å². The molecule has 2 saturated heterocycles. The molecular weight excluding hydrogens is 552 g/mol. The normalized spacial score (nSPS) is 25.7. The van der Waals surface area contributed by atoms with Crippen LogP contribution in [0, 0.1) is 0 Å². The third-order valence-electron chi connectivity index (χ3n) is 6.71. The van der Waals surface area contributed by atoms with Crippen molar-refractivity contribution in [2.24, 2.45) is 0 Å². The van der Waals surface area contributed by atoms with Crippen LogP contribution in [0.1, 0.15) is 42.3 Å². The molecule has 14 nitrogen and oxygen atoms in total. The summed E-state index contributed by atoms with van der Waals surface area (Å²) in [5.41, 5.74) is 2.36. The Morgan fingerprint density at radius 1 is 1.18 bits per heavy atom. The number of amides is 1. The van der Waals surface area contributed by atoms with Gasteiger partial charge in [0.2, 0.25) is 0 Å². The molecule has 2 fully saturated rings. The zero-order valence-corrected chi connectivity index (χ0v) is 25.3. The van der Waals surface area contributed by atoms with Crippen LogP contribution in [0.25, 0.3) is 11.2 Å². The zero-order valence-electron chi connectivity index (χ0n) is 22.4. The van der Waals surface area contributed by atoms with Crippen LogP contribution < -0.4 is 50.4 Å². The van der Waals surface area contributed by atoms with Gasteiger partial charge in [0.25, 0.3) is 13.7 Å². The summed E-state index contributed by atoms with van der Waals surface area (Å²) in [5, 5.41) is 20.0. The minimum Gasteiger partial charge on any atom is -0.756 e. The van der Waals surface area contributed by atoms with E-state index in [1.165, 1.54) is 17.2 Å². The fourth-order valence-corrected chi connectivity index (χ4v) is 5.68. The van der Waals surface area contributed by atoms with Gasteiger partial charge in [0.05, 0.1) is 18.5 Å². The third kappa shape index (κ3) is 6.84. The van der Waals surface area contributed by atoms with Crippen molar-refractivity contribution in [3.8, 4) is 0 Å². The van der Waals surface area contributed by atoms with Crippen molar-refractivity contribution in [2.45, 2.75) is 50.2 Å². The van der Waals surface area contributed by atoms with Gasteiger partial charge in [-0.05, 0) is 25.0 Å². The number of nitrogens with zero attached hydrogens (tertiary/aromatic N) is 4. The molecule has 2 aromatic heterocycles. The molecule has 2 aliphatic heterocycles. The molecule has 1 amide bonds. The summed E-state index contributed by atoms with van der Waals surface area (Å²) in [6.45, 7) is 1.04. The van der Waals surface area contributed by atoms with Gasteiger partial charge in [0, 0.05) is 25.8 Å². The summed E-state index contributed by atoms with van der Waals surface area (Å²) in [4.78, 5) is 37.0. The topological polar surface area (TPSA) is 185 Å². The predicted molar refractivity (Wildman–Crippen MR) is 139 cm³/mol. The largest absolute Gasteiger partial charge is 1.00 e. The number of nitrogens with one attached hydrogen (secondary N) is 3. The Hall–Kier alpha value is -2.13. The van der Waals surface area contributed by atoms with Crippen molar-refractivity contribution < 1.29 is 62.7 Å². The van der Waals surface area contributed by atoms with Gasteiger partial charge in [-0.3, -0.25) is 13.9 Å². The summed E-state index contributed by atoms with van der Waals surface area (Å²) in [6.07, 6.45) is 2.54. The average molecular weight is 584 g/mol. The number of anilines is 2. The number of hydrogen-bond acceptors (Lipinski definition) is 12. The van der Waals surface area contributed by atoms with Crippen LogP contribution in [-0.2, 0) is 18.3 Å². The van der Waals surface area contributed by atoms with Gasteiger partial charge in [-0.25, -0.2) is 15.0 Å². The van der Waals surface area contributed by atoms with E-state index in [2.05, 4.69) is 35.4 Å². The van der Waals surface area contributed by atoms with Crippen LogP contribution in [0.4, 0.5) is 11.5 Å². The number of aromatic nitrogens is 4. The molecule has 5 rings (SSSR count). The van der Waals surface area contributed by atoms with Crippen LogP contribution in [0.15, 0.2) is 36.9 Å². The van der Waals surface area contributed by atoms with Gasteiger partial charge < -0.3 is 39.7 Å². The minimum absolute atomic E-state index is 0. The first kappa shape index (κ1) is 30.8. The molecule has 40 heavy (non-hydrogen) atoms. The number of phosphoric ester groups is 1. The number of carbonyl (C=O) groups excluding carboxylic acids is 1. The molecule has 1 unspecified atom stereocenters. The number of hydrogen-bond donors (Lipinski definition) is 4. The Bertz CT molecular complexity index is 1360. The summed E-state index contributed by atoms with van der Waals surface area (Å²) < 4.78 is 28.6.